The Hall–Kier alpha value is -3.40. The van der Waals surface area contributed by atoms with E-state index in [9.17, 15) is 9.59 Å². The molecule has 1 aliphatic rings. The molecule has 0 heterocycles. The third-order valence-corrected chi connectivity index (χ3v) is 5.07. The Bertz CT molecular complexity index is 1090. The van der Waals surface area contributed by atoms with Gasteiger partial charge in [0.15, 0.2) is 0 Å². The maximum atomic E-state index is 12.6. The van der Waals surface area contributed by atoms with Crippen molar-refractivity contribution >= 4 is 22.7 Å². The van der Waals surface area contributed by atoms with Gasteiger partial charge in [0.05, 0.1) is 10.9 Å². The van der Waals surface area contributed by atoms with Gasteiger partial charge in [-0.25, -0.2) is 9.59 Å². The van der Waals surface area contributed by atoms with Gasteiger partial charge in [-0.15, -0.1) is 0 Å². The van der Waals surface area contributed by atoms with Crippen LogP contribution in [0.1, 0.15) is 41.6 Å². The Morgan fingerprint density at radius 2 is 1.45 bits per heavy atom. The molecule has 29 heavy (non-hydrogen) atoms. The highest BCUT2D eigenvalue weighted by Gasteiger charge is 2.18. The molecule has 0 saturated heterocycles. The number of fused-ring (bicyclic) bond motifs is 1. The van der Waals surface area contributed by atoms with E-state index in [1.165, 1.54) is 0 Å². The van der Waals surface area contributed by atoms with E-state index in [4.69, 9.17) is 9.47 Å². The van der Waals surface area contributed by atoms with Gasteiger partial charge < -0.3 is 9.47 Å². The lowest BCUT2D eigenvalue weighted by Crippen LogP contribution is -2.14. The van der Waals surface area contributed by atoms with Crippen LogP contribution in [0, 0.1) is 6.92 Å². The molecule has 0 radical (unpaired) electrons. The zero-order chi connectivity index (χ0) is 20.2. The van der Waals surface area contributed by atoms with Crippen LogP contribution in [-0.4, -0.2) is 11.9 Å². The average Bonchev–Trinajstić information content (AvgIpc) is 2.75. The predicted molar refractivity (Wildman–Crippen MR) is 112 cm³/mol. The van der Waals surface area contributed by atoms with Crippen LogP contribution in [0.25, 0.3) is 10.8 Å². The monoisotopic (exact) mass is 386 g/mol. The minimum Gasteiger partial charge on any atom is -0.422 e. The molecule has 0 spiro atoms. The van der Waals surface area contributed by atoms with Crippen molar-refractivity contribution in [2.24, 2.45) is 0 Å². The third-order valence-electron chi connectivity index (χ3n) is 5.07. The Labute approximate surface area is 169 Å². The molecule has 0 amide bonds. The fraction of sp³-hybridized carbons (Fsp3) is 0.200. The van der Waals surface area contributed by atoms with Crippen LogP contribution in [0.15, 0.2) is 72.3 Å². The van der Waals surface area contributed by atoms with Gasteiger partial charge in [-0.1, -0.05) is 48.0 Å². The number of esters is 2. The summed E-state index contributed by atoms with van der Waals surface area (Å²) in [6.45, 7) is 1.96. The maximum Gasteiger partial charge on any atom is 0.343 e. The molecule has 0 fully saturated rings. The van der Waals surface area contributed by atoms with Crippen LogP contribution in [0.3, 0.4) is 0 Å². The summed E-state index contributed by atoms with van der Waals surface area (Å²) in [5.41, 5.74) is 2.25. The van der Waals surface area contributed by atoms with Crippen molar-refractivity contribution < 1.29 is 19.1 Å². The van der Waals surface area contributed by atoms with Gasteiger partial charge in [0.2, 0.25) is 0 Å². The Morgan fingerprint density at radius 3 is 2.07 bits per heavy atom. The number of allylic oxidation sites excluding steroid dienone is 1. The molecule has 3 aromatic rings. The third kappa shape index (κ3) is 4.21. The van der Waals surface area contributed by atoms with E-state index in [0.29, 0.717) is 28.0 Å². The summed E-state index contributed by atoms with van der Waals surface area (Å²) >= 11 is 0. The van der Waals surface area contributed by atoms with E-state index in [2.05, 4.69) is 0 Å². The largest absolute Gasteiger partial charge is 0.422 e. The SMILES string of the molecule is Cc1ccc(C(=O)Oc2cccc3cccc(OC(=O)C4=CCCCC4)c23)cc1. The van der Waals surface area contributed by atoms with Gasteiger partial charge in [-0.3, -0.25) is 0 Å². The fourth-order valence-corrected chi connectivity index (χ4v) is 3.48. The van der Waals surface area contributed by atoms with E-state index >= 15 is 0 Å². The number of carbonyl (C=O) groups excluding carboxylic acids is 2. The fourth-order valence-electron chi connectivity index (χ4n) is 3.48. The lowest BCUT2D eigenvalue weighted by molar-refractivity contribution is -0.130. The van der Waals surface area contributed by atoms with Crippen LogP contribution in [-0.2, 0) is 4.79 Å². The van der Waals surface area contributed by atoms with Gasteiger partial charge in [0, 0.05) is 5.57 Å². The van der Waals surface area contributed by atoms with Crippen molar-refractivity contribution in [3.8, 4) is 11.5 Å². The molecule has 1 aliphatic carbocycles. The first kappa shape index (κ1) is 18.9. The van der Waals surface area contributed by atoms with E-state index < -0.39 is 5.97 Å². The molecule has 0 aromatic heterocycles. The second kappa shape index (κ2) is 8.31. The zero-order valence-corrected chi connectivity index (χ0v) is 16.3. The molecule has 0 bridgehead atoms. The number of aryl methyl sites for hydroxylation is 1. The van der Waals surface area contributed by atoms with E-state index in [-0.39, 0.29) is 5.97 Å². The second-order valence-corrected chi connectivity index (χ2v) is 7.23. The standard InChI is InChI=1S/C25H22O4/c1-17-13-15-20(16-14-17)25(27)29-22-12-6-10-18-9-5-11-21(23(18)22)28-24(26)19-7-3-2-4-8-19/h5-7,9-16H,2-4,8H2,1H3. The minimum atomic E-state index is -0.450. The van der Waals surface area contributed by atoms with Gasteiger partial charge in [0.1, 0.15) is 11.5 Å². The molecular formula is C25H22O4. The summed E-state index contributed by atoms with van der Waals surface area (Å²) in [7, 11) is 0. The van der Waals surface area contributed by atoms with E-state index in [1.54, 1.807) is 24.3 Å². The number of hydrogen-bond acceptors (Lipinski definition) is 4. The molecule has 4 heteroatoms. The highest BCUT2D eigenvalue weighted by molar-refractivity contribution is 6.00. The maximum absolute atomic E-state index is 12.6. The van der Waals surface area contributed by atoms with Gasteiger partial charge in [-0.05, 0) is 62.3 Å². The number of rotatable bonds is 4. The first-order chi connectivity index (χ1) is 14.1. The van der Waals surface area contributed by atoms with Crippen LogP contribution in [0.4, 0.5) is 0 Å². The van der Waals surface area contributed by atoms with Crippen molar-refractivity contribution in [2.45, 2.75) is 32.6 Å². The van der Waals surface area contributed by atoms with Gasteiger partial charge in [0.25, 0.3) is 0 Å². The molecule has 0 atom stereocenters. The first-order valence-corrected chi connectivity index (χ1v) is 9.83. The van der Waals surface area contributed by atoms with Crippen molar-refractivity contribution in [3.63, 3.8) is 0 Å². The zero-order valence-electron chi connectivity index (χ0n) is 16.3. The van der Waals surface area contributed by atoms with E-state index in [0.717, 1.165) is 36.6 Å². The lowest BCUT2D eigenvalue weighted by Gasteiger charge is -2.14. The highest BCUT2D eigenvalue weighted by Crippen LogP contribution is 2.35. The van der Waals surface area contributed by atoms with Gasteiger partial charge >= 0.3 is 11.9 Å². The minimum absolute atomic E-state index is 0.336. The van der Waals surface area contributed by atoms with Crippen LogP contribution >= 0.6 is 0 Å². The van der Waals surface area contributed by atoms with Crippen LogP contribution in [0.5, 0.6) is 11.5 Å². The molecule has 0 saturated carbocycles. The highest BCUT2D eigenvalue weighted by atomic mass is 16.5. The van der Waals surface area contributed by atoms with Crippen molar-refractivity contribution in [1.29, 1.82) is 0 Å². The summed E-state index contributed by atoms with van der Waals surface area (Å²) in [5, 5.41) is 1.45. The lowest BCUT2D eigenvalue weighted by atomic mass is 10.00. The quantitative estimate of drug-likeness (QED) is 0.422. The van der Waals surface area contributed by atoms with Gasteiger partial charge in [-0.2, -0.15) is 0 Å². The summed E-state index contributed by atoms with van der Waals surface area (Å²) in [4.78, 5) is 25.2. The van der Waals surface area contributed by atoms with Crippen LogP contribution in [0.2, 0.25) is 0 Å². The van der Waals surface area contributed by atoms with Crippen LogP contribution < -0.4 is 9.47 Å². The Kier molecular flexibility index (Phi) is 5.43. The molecule has 4 nitrogen and oxygen atoms in total. The van der Waals surface area contributed by atoms with Crippen molar-refractivity contribution in [2.75, 3.05) is 0 Å². The second-order valence-electron chi connectivity index (χ2n) is 7.23. The number of hydrogen-bond donors (Lipinski definition) is 0. The predicted octanol–water partition coefficient (Wildman–Crippen LogP) is 5.77. The average molecular weight is 386 g/mol. The number of ether oxygens (including phenoxy) is 2. The molecular weight excluding hydrogens is 364 g/mol. The first-order valence-electron chi connectivity index (χ1n) is 9.83. The Morgan fingerprint density at radius 1 is 0.793 bits per heavy atom. The molecule has 146 valence electrons. The molecule has 3 aromatic carbocycles. The Balaban J connectivity index is 1.66. The number of benzene rings is 3. The molecule has 0 aliphatic heterocycles. The van der Waals surface area contributed by atoms with Crippen molar-refractivity contribution in [1.82, 2.24) is 0 Å². The summed E-state index contributed by atoms with van der Waals surface area (Å²) in [5.74, 6) is -0.0224. The summed E-state index contributed by atoms with van der Waals surface area (Å²) < 4.78 is 11.4. The van der Waals surface area contributed by atoms with E-state index in [1.807, 2.05) is 49.4 Å². The summed E-state index contributed by atoms with van der Waals surface area (Å²) in [6.07, 6.45) is 5.69. The smallest absolute Gasteiger partial charge is 0.343 e. The van der Waals surface area contributed by atoms with Crippen molar-refractivity contribution in [3.05, 3.63) is 83.4 Å². The topological polar surface area (TPSA) is 52.6 Å². The molecule has 4 rings (SSSR count). The molecule has 0 N–H and O–H groups in total. The molecule has 0 unspecified atom stereocenters. The summed E-state index contributed by atoms with van der Waals surface area (Å²) in [6, 6.07) is 18.1. The number of carbonyl (C=O) groups is 2. The normalized spacial score (nSPS) is 13.6.